The van der Waals surface area contributed by atoms with E-state index in [0.29, 0.717) is 15.8 Å². The number of rotatable bonds is 4. The minimum atomic E-state index is 0.114. The van der Waals surface area contributed by atoms with E-state index in [4.69, 9.17) is 27.9 Å². The fraction of sp³-hybridized carbons (Fsp3) is 0.294. The molecule has 1 saturated carbocycles. The molecule has 1 aliphatic rings. The average Bonchev–Trinajstić information content (AvgIpc) is 3.31. The van der Waals surface area contributed by atoms with Gasteiger partial charge in [-0.05, 0) is 30.0 Å². The van der Waals surface area contributed by atoms with Crippen molar-refractivity contribution < 1.29 is 4.74 Å². The van der Waals surface area contributed by atoms with Crippen LogP contribution in [0.15, 0.2) is 42.5 Å². The summed E-state index contributed by atoms with van der Waals surface area (Å²) >= 11 is 16.5. The Balaban J connectivity index is 2.00. The predicted octanol–water partition coefficient (Wildman–Crippen LogP) is 6.17. The average molecular weight is 386 g/mol. The zero-order chi connectivity index (χ0) is 15.0. The van der Waals surface area contributed by atoms with Gasteiger partial charge in [0.2, 0.25) is 0 Å². The highest BCUT2D eigenvalue weighted by Crippen LogP contribution is 2.61. The van der Waals surface area contributed by atoms with Crippen molar-refractivity contribution in [3.8, 4) is 5.75 Å². The number of methoxy groups -OCH3 is 1. The predicted molar refractivity (Wildman–Crippen MR) is 92.0 cm³/mol. The van der Waals surface area contributed by atoms with Crippen LogP contribution in [0.25, 0.3) is 0 Å². The number of alkyl halides is 1. The molecule has 21 heavy (non-hydrogen) atoms. The van der Waals surface area contributed by atoms with E-state index in [9.17, 15) is 0 Å². The van der Waals surface area contributed by atoms with Gasteiger partial charge < -0.3 is 4.74 Å². The van der Waals surface area contributed by atoms with Gasteiger partial charge in [-0.2, -0.15) is 0 Å². The van der Waals surface area contributed by atoms with Crippen LogP contribution in [-0.2, 0) is 5.41 Å². The normalized spacial score (nSPS) is 17.3. The molecule has 0 aliphatic heterocycles. The molecule has 110 valence electrons. The van der Waals surface area contributed by atoms with Gasteiger partial charge in [-0.25, -0.2) is 0 Å². The summed E-state index contributed by atoms with van der Waals surface area (Å²) in [6.45, 7) is 0. The Kier molecular flexibility index (Phi) is 4.22. The van der Waals surface area contributed by atoms with Gasteiger partial charge in [0, 0.05) is 16.5 Å². The summed E-state index contributed by atoms with van der Waals surface area (Å²) < 4.78 is 5.21. The molecule has 0 aromatic heterocycles. The standard InChI is InChI=1S/C17H15BrCl2O/c1-21-15-10-13(19)12(9-14(15)20)16(18)17(7-8-17)11-5-3-2-4-6-11/h2-6,9-10,16H,7-8H2,1H3. The third kappa shape index (κ3) is 2.69. The Bertz CT molecular complexity index is 653. The fourth-order valence-electron chi connectivity index (χ4n) is 2.79. The lowest BCUT2D eigenvalue weighted by Gasteiger charge is -2.24. The first-order valence-corrected chi connectivity index (χ1v) is 8.48. The number of benzene rings is 2. The Labute approximate surface area is 143 Å². The van der Waals surface area contributed by atoms with Gasteiger partial charge >= 0.3 is 0 Å². The molecule has 1 fully saturated rings. The largest absolute Gasteiger partial charge is 0.495 e. The third-order valence-corrected chi connectivity index (χ3v) is 6.16. The number of ether oxygens (including phenoxy) is 1. The Morgan fingerprint density at radius 1 is 1.10 bits per heavy atom. The summed E-state index contributed by atoms with van der Waals surface area (Å²) in [5, 5.41) is 1.27. The van der Waals surface area contributed by atoms with Crippen LogP contribution in [0.5, 0.6) is 5.75 Å². The van der Waals surface area contributed by atoms with Gasteiger partial charge in [-0.15, -0.1) is 0 Å². The summed E-state index contributed by atoms with van der Waals surface area (Å²) in [6.07, 6.45) is 2.29. The lowest BCUT2D eigenvalue weighted by molar-refractivity contribution is 0.415. The van der Waals surface area contributed by atoms with Crippen molar-refractivity contribution in [3.05, 3.63) is 63.6 Å². The van der Waals surface area contributed by atoms with Crippen molar-refractivity contribution in [2.45, 2.75) is 23.1 Å². The summed E-state index contributed by atoms with van der Waals surface area (Å²) in [6, 6.07) is 14.3. The van der Waals surface area contributed by atoms with Crippen molar-refractivity contribution in [2.75, 3.05) is 7.11 Å². The quantitative estimate of drug-likeness (QED) is 0.571. The highest BCUT2D eigenvalue weighted by Gasteiger charge is 2.50. The molecule has 0 amide bonds. The van der Waals surface area contributed by atoms with Crippen molar-refractivity contribution in [1.29, 1.82) is 0 Å². The lowest BCUT2D eigenvalue weighted by atomic mass is 9.88. The van der Waals surface area contributed by atoms with Crippen LogP contribution in [0.3, 0.4) is 0 Å². The first kappa shape index (κ1) is 15.2. The van der Waals surface area contributed by atoms with E-state index in [-0.39, 0.29) is 10.2 Å². The Morgan fingerprint density at radius 3 is 2.33 bits per heavy atom. The van der Waals surface area contributed by atoms with E-state index in [2.05, 4.69) is 40.2 Å². The molecule has 2 aromatic carbocycles. The number of hydrogen-bond donors (Lipinski definition) is 0. The minimum absolute atomic E-state index is 0.114. The topological polar surface area (TPSA) is 9.23 Å². The van der Waals surface area contributed by atoms with Crippen molar-refractivity contribution >= 4 is 39.1 Å². The van der Waals surface area contributed by atoms with E-state index in [0.717, 1.165) is 18.4 Å². The highest BCUT2D eigenvalue weighted by atomic mass is 79.9. The smallest absolute Gasteiger partial charge is 0.138 e. The number of hydrogen-bond acceptors (Lipinski definition) is 1. The van der Waals surface area contributed by atoms with Crippen LogP contribution < -0.4 is 4.74 Å². The Morgan fingerprint density at radius 2 is 1.76 bits per heavy atom. The molecular weight excluding hydrogens is 371 g/mol. The first-order valence-electron chi connectivity index (χ1n) is 6.81. The fourth-order valence-corrected chi connectivity index (χ4v) is 4.53. The highest BCUT2D eigenvalue weighted by molar-refractivity contribution is 9.09. The molecule has 2 aromatic rings. The maximum atomic E-state index is 6.43. The molecule has 4 heteroatoms. The van der Waals surface area contributed by atoms with Crippen LogP contribution in [0, 0.1) is 0 Å². The van der Waals surface area contributed by atoms with Crippen molar-refractivity contribution in [1.82, 2.24) is 0 Å². The molecule has 1 unspecified atom stereocenters. The summed E-state index contributed by atoms with van der Waals surface area (Å²) in [4.78, 5) is 0.142. The zero-order valence-corrected chi connectivity index (χ0v) is 14.7. The van der Waals surface area contributed by atoms with E-state index < -0.39 is 0 Å². The second kappa shape index (κ2) is 5.83. The van der Waals surface area contributed by atoms with Crippen molar-refractivity contribution in [2.24, 2.45) is 0 Å². The first-order chi connectivity index (χ1) is 10.1. The maximum absolute atomic E-state index is 6.43. The van der Waals surface area contributed by atoms with Crippen molar-refractivity contribution in [3.63, 3.8) is 0 Å². The SMILES string of the molecule is COc1cc(Cl)c(C(Br)C2(c3ccccc3)CC2)cc1Cl. The second-order valence-corrected chi connectivity index (χ2v) is 7.12. The molecule has 1 aliphatic carbocycles. The van der Waals surface area contributed by atoms with Crippen LogP contribution in [-0.4, -0.2) is 7.11 Å². The van der Waals surface area contributed by atoms with Gasteiger partial charge in [0.05, 0.1) is 17.0 Å². The molecule has 1 atom stereocenters. The summed E-state index contributed by atoms with van der Waals surface area (Å²) in [5.41, 5.74) is 2.47. The third-order valence-electron chi connectivity index (χ3n) is 4.17. The van der Waals surface area contributed by atoms with Gasteiger partial charge in [-0.3, -0.25) is 0 Å². The molecule has 0 N–H and O–H groups in total. The monoisotopic (exact) mass is 384 g/mol. The molecule has 0 saturated heterocycles. The second-order valence-electron chi connectivity index (χ2n) is 5.39. The van der Waals surface area contributed by atoms with Crippen LogP contribution in [0.2, 0.25) is 10.0 Å². The van der Waals surface area contributed by atoms with Gasteiger partial charge in [-0.1, -0.05) is 69.5 Å². The lowest BCUT2D eigenvalue weighted by Crippen LogP contribution is -2.14. The Hall–Kier alpha value is -0.700. The van der Waals surface area contributed by atoms with Crippen LogP contribution in [0.4, 0.5) is 0 Å². The molecule has 1 nitrogen and oxygen atoms in total. The van der Waals surface area contributed by atoms with Gasteiger partial charge in [0.1, 0.15) is 5.75 Å². The van der Waals surface area contributed by atoms with E-state index in [1.54, 1.807) is 13.2 Å². The summed E-state index contributed by atoms with van der Waals surface area (Å²) in [5.74, 6) is 0.606. The maximum Gasteiger partial charge on any atom is 0.138 e. The minimum Gasteiger partial charge on any atom is -0.495 e. The van der Waals surface area contributed by atoms with Crippen LogP contribution in [0.1, 0.15) is 28.8 Å². The number of halogens is 3. The molecule has 0 bridgehead atoms. The van der Waals surface area contributed by atoms with E-state index >= 15 is 0 Å². The van der Waals surface area contributed by atoms with E-state index in [1.807, 2.05) is 12.1 Å². The van der Waals surface area contributed by atoms with Gasteiger partial charge in [0.25, 0.3) is 0 Å². The van der Waals surface area contributed by atoms with Gasteiger partial charge in [0.15, 0.2) is 0 Å². The molecule has 3 rings (SSSR count). The molecule has 0 radical (unpaired) electrons. The van der Waals surface area contributed by atoms with E-state index in [1.165, 1.54) is 5.56 Å². The molecule has 0 heterocycles. The van der Waals surface area contributed by atoms with Crippen LogP contribution >= 0.6 is 39.1 Å². The summed E-state index contributed by atoms with van der Waals surface area (Å²) in [7, 11) is 1.59. The molecule has 0 spiro atoms. The zero-order valence-electron chi connectivity index (χ0n) is 11.6. The molecular formula is C17H15BrCl2O.